The standard InChI is InChI=1S/C22H27NO4/c1-16-5-4-6-17(13-16)21(24)23-15-22(9-11-27-12-10-22)18-7-8-19(25-2)20(14-18)26-3/h4-8,13-14H,9-12,15H2,1-3H3,(H,23,24). The van der Waals surface area contributed by atoms with Crippen molar-refractivity contribution in [2.45, 2.75) is 25.2 Å². The first-order valence-electron chi connectivity index (χ1n) is 9.23. The number of nitrogens with one attached hydrogen (secondary N) is 1. The summed E-state index contributed by atoms with van der Waals surface area (Å²) in [4.78, 5) is 12.6. The summed E-state index contributed by atoms with van der Waals surface area (Å²) in [5.41, 5.74) is 2.71. The molecule has 1 N–H and O–H groups in total. The molecule has 5 heteroatoms. The topological polar surface area (TPSA) is 56.8 Å². The number of amides is 1. The van der Waals surface area contributed by atoms with Crippen LogP contribution < -0.4 is 14.8 Å². The Morgan fingerprint density at radius 3 is 2.48 bits per heavy atom. The lowest BCUT2D eigenvalue weighted by Crippen LogP contribution is -2.44. The first-order valence-corrected chi connectivity index (χ1v) is 9.23. The number of ether oxygens (including phenoxy) is 3. The van der Waals surface area contributed by atoms with Gasteiger partial charge < -0.3 is 19.5 Å². The molecule has 5 nitrogen and oxygen atoms in total. The van der Waals surface area contributed by atoms with E-state index in [1.54, 1.807) is 14.2 Å². The Morgan fingerprint density at radius 1 is 1.07 bits per heavy atom. The molecule has 2 aromatic carbocycles. The highest BCUT2D eigenvalue weighted by Crippen LogP contribution is 2.38. The van der Waals surface area contributed by atoms with E-state index < -0.39 is 0 Å². The third-order valence-electron chi connectivity index (χ3n) is 5.31. The molecule has 0 saturated carbocycles. The van der Waals surface area contributed by atoms with E-state index in [1.165, 1.54) is 0 Å². The third-order valence-corrected chi connectivity index (χ3v) is 5.31. The molecular weight excluding hydrogens is 342 g/mol. The molecule has 3 rings (SSSR count). The van der Waals surface area contributed by atoms with Gasteiger partial charge in [0.1, 0.15) is 0 Å². The molecule has 1 fully saturated rings. The van der Waals surface area contributed by atoms with Crippen LogP contribution in [0.5, 0.6) is 11.5 Å². The summed E-state index contributed by atoms with van der Waals surface area (Å²) in [5, 5.41) is 3.13. The van der Waals surface area contributed by atoms with E-state index in [9.17, 15) is 4.79 Å². The lowest BCUT2D eigenvalue weighted by molar-refractivity contribution is 0.0486. The lowest BCUT2D eigenvalue weighted by Gasteiger charge is -2.38. The molecule has 0 spiro atoms. The zero-order valence-electron chi connectivity index (χ0n) is 16.2. The van der Waals surface area contributed by atoms with Crippen LogP contribution in [0.25, 0.3) is 0 Å². The van der Waals surface area contributed by atoms with Crippen molar-refractivity contribution in [1.82, 2.24) is 5.32 Å². The first kappa shape index (κ1) is 19.2. The van der Waals surface area contributed by atoms with Crippen LogP contribution in [0.1, 0.15) is 34.3 Å². The number of hydrogen-bond donors (Lipinski definition) is 1. The highest BCUT2D eigenvalue weighted by molar-refractivity contribution is 5.94. The van der Waals surface area contributed by atoms with Gasteiger partial charge in [0.15, 0.2) is 11.5 Å². The number of carbonyl (C=O) groups excluding carboxylic acids is 1. The van der Waals surface area contributed by atoms with E-state index in [2.05, 4.69) is 11.4 Å². The van der Waals surface area contributed by atoms with Crippen molar-refractivity contribution < 1.29 is 19.0 Å². The predicted octanol–water partition coefficient (Wildman–Crippen LogP) is 3.49. The van der Waals surface area contributed by atoms with Crippen LogP contribution in [-0.4, -0.2) is 39.9 Å². The average Bonchev–Trinajstić information content (AvgIpc) is 2.72. The molecule has 0 radical (unpaired) electrons. The molecule has 0 aliphatic carbocycles. The molecule has 1 saturated heterocycles. The number of rotatable bonds is 6. The van der Waals surface area contributed by atoms with Gasteiger partial charge in [-0.1, -0.05) is 23.8 Å². The summed E-state index contributed by atoms with van der Waals surface area (Å²) in [6.45, 7) is 3.89. The number of benzene rings is 2. The minimum Gasteiger partial charge on any atom is -0.493 e. The van der Waals surface area contributed by atoms with Crippen molar-refractivity contribution in [3.63, 3.8) is 0 Å². The third kappa shape index (κ3) is 4.25. The Kier molecular flexibility index (Phi) is 6.01. The van der Waals surface area contributed by atoms with Crippen LogP contribution in [0.15, 0.2) is 42.5 Å². The van der Waals surface area contributed by atoms with Crippen molar-refractivity contribution in [1.29, 1.82) is 0 Å². The van der Waals surface area contributed by atoms with Gasteiger partial charge in [-0.2, -0.15) is 0 Å². The van der Waals surface area contributed by atoms with E-state index >= 15 is 0 Å². The Bertz CT molecular complexity index is 797. The first-order chi connectivity index (χ1) is 13.1. The van der Waals surface area contributed by atoms with Crippen LogP contribution in [0, 0.1) is 6.92 Å². The fraction of sp³-hybridized carbons (Fsp3) is 0.409. The molecule has 1 aliphatic heterocycles. The molecule has 27 heavy (non-hydrogen) atoms. The number of carbonyl (C=O) groups is 1. The second-order valence-electron chi connectivity index (χ2n) is 7.01. The fourth-order valence-corrected chi connectivity index (χ4v) is 3.63. The normalized spacial score (nSPS) is 15.8. The van der Waals surface area contributed by atoms with Gasteiger partial charge in [0.25, 0.3) is 5.91 Å². The second-order valence-corrected chi connectivity index (χ2v) is 7.01. The van der Waals surface area contributed by atoms with E-state index in [0.29, 0.717) is 36.8 Å². The van der Waals surface area contributed by atoms with E-state index in [1.807, 2.05) is 43.3 Å². The maximum atomic E-state index is 12.6. The van der Waals surface area contributed by atoms with Crippen molar-refractivity contribution in [3.8, 4) is 11.5 Å². The maximum Gasteiger partial charge on any atom is 0.251 e. The monoisotopic (exact) mass is 369 g/mol. The molecule has 1 aliphatic rings. The highest BCUT2D eigenvalue weighted by atomic mass is 16.5. The van der Waals surface area contributed by atoms with Gasteiger partial charge in [-0.25, -0.2) is 0 Å². The quantitative estimate of drug-likeness (QED) is 0.847. The molecule has 2 aromatic rings. The van der Waals surface area contributed by atoms with E-state index in [0.717, 1.165) is 24.0 Å². The number of hydrogen-bond acceptors (Lipinski definition) is 4. The van der Waals surface area contributed by atoms with Gasteiger partial charge in [0.05, 0.1) is 14.2 Å². The zero-order valence-corrected chi connectivity index (χ0v) is 16.2. The van der Waals surface area contributed by atoms with Crippen molar-refractivity contribution in [3.05, 3.63) is 59.2 Å². The molecule has 0 bridgehead atoms. The van der Waals surface area contributed by atoms with Gasteiger partial charge in [0, 0.05) is 30.7 Å². The van der Waals surface area contributed by atoms with Crippen LogP contribution in [0.4, 0.5) is 0 Å². The Labute approximate surface area is 160 Å². The minimum atomic E-state index is -0.183. The van der Waals surface area contributed by atoms with Gasteiger partial charge in [-0.3, -0.25) is 4.79 Å². The van der Waals surface area contributed by atoms with E-state index in [-0.39, 0.29) is 11.3 Å². The van der Waals surface area contributed by atoms with Crippen molar-refractivity contribution >= 4 is 5.91 Å². The van der Waals surface area contributed by atoms with Crippen molar-refractivity contribution in [2.24, 2.45) is 0 Å². The highest BCUT2D eigenvalue weighted by Gasteiger charge is 2.35. The predicted molar refractivity (Wildman–Crippen MR) is 105 cm³/mol. The fourth-order valence-electron chi connectivity index (χ4n) is 3.63. The zero-order chi connectivity index (χ0) is 19.3. The number of aryl methyl sites for hydroxylation is 1. The number of methoxy groups -OCH3 is 2. The summed E-state index contributed by atoms with van der Waals surface area (Å²) in [6.07, 6.45) is 1.69. The van der Waals surface area contributed by atoms with Crippen LogP contribution in [0.2, 0.25) is 0 Å². The Morgan fingerprint density at radius 2 is 1.81 bits per heavy atom. The molecule has 0 aromatic heterocycles. The summed E-state index contributed by atoms with van der Waals surface area (Å²) in [6, 6.07) is 13.6. The van der Waals surface area contributed by atoms with Crippen LogP contribution in [0.3, 0.4) is 0 Å². The van der Waals surface area contributed by atoms with Crippen LogP contribution in [-0.2, 0) is 10.2 Å². The van der Waals surface area contributed by atoms with Gasteiger partial charge in [-0.05, 0) is 49.6 Å². The largest absolute Gasteiger partial charge is 0.493 e. The lowest BCUT2D eigenvalue weighted by atomic mass is 9.74. The Hall–Kier alpha value is -2.53. The molecule has 1 heterocycles. The van der Waals surface area contributed by atoms with Crippen molar-refractivity contribution in [2.75, 3.05) is 34.0 Å². The second kappa shape index (κ2) is 8.44. The molecular formula is C22H27NO4. The average molecular weight is 369 g/mol. The minimum absolute atomic E-state index is 0.0509. The smallest absolute Gasteiger partial charge is 0.251 e. The van der Waals surface area contributed by atoms with Gasteiger partial charge in [0.2, 0.25) is 0 Å². The molecule has 144 valence electrons. The summed E-state index contributed by atoms with van der Waals surface area (Å²) in [7, 11) is 3.27. The Balaban J connectivity index is 1.84. The maximum absolute atomic E-state index is 12.6. The van der Waals surface area contributed by atoms with E-state index in [4.69, 9.17) is 14.2 Å². The summed E-state index contributed by atoms with van der Waals surface area (Å²) in [5.74, 6) is 1.35. The van der Waals surface area contributed by atoms with Gasteiger partial charge in [-0.15, -0.1) is 0 Å². The van der Waals surface area contributed by atoms with Crippen LogP contribution >= 0.6 is 0 Å². The summed E-state index contributed by atoms with van der Waals surface area (Å²) >= 11 is 0. The molecule has 1 amide bonds. The SMILES string of the molecule is COc1ccc(C2(CNC(=O)c3cccc(C)c3)CCOCC2)cc1OC. The summed E-state index contributed by atoms with van der Waals surface area (Å²) < 4.78 is 16.4. The molecule has 0 unspecified atom stereocenters. The van der Waals surface area contributed by atoms with Gasteiger partial charge >= 0.3 is 0 Å². The molecule has 0 atom stereocenters.